The summed E-state index contributed by atoms with van der Waals surface area (Å²) in [5, 5.41) is 5.54. The Balaban J connectivity index is 1.64. The van der Waals surface area contributed by atoms with Gasteiger partial charge in [-0.05, 0) is 25.0 Å². The second kappa shape index (κ2) is 7.73. The van der Waals surface area contributed by atoms with Crippen molar-refractivity contribution in [2.45, 2.75) is 25.3 Å². The third kappa shape index (κ3) is 3.90. The molecule has 2 aliphatic rings. The first-order valence-electron chi connectivity index (χ1n) is 9.59. The van der Waals surface area contributed by atoms with E-state index in [0.717, 1.165) is 12.8 Å². The Labute approximate surface area is 167 Å². The van der Waals surface area contributed by atoms with E-state index >= 15 is 0 Å². The zero-order valence-electron chi connectivity index (χ0n) is 16.0. The van der Waals surface area contributed by atoms with Crippen molar-refractivity contribution in [1.82, 2.24) is 9.91 Å². The van der Waals surface area contributed by atoms with Gasteiger partial charge in [0, 0.05) is 30.5 Å². The molecule has 1 atom stereocenters. The summed E-state index contributed by atoms with van der Waals surface area (Å²) in [7, 11) is 1.58. The van der Waals surface area contributed by atoms with Gasteiger partial charge in [0.1, 0.15) is 18.2 Å². The van der Waals surface area contributed by atoms with Crippen LogP contribution in [0.3, 0.4) is 0 Å². The fraction of sp³-hybridized carbons (Fsp3) is 0.318. The molecule has 0 radical (unpaired) electrons. The van der Waals surface area contributed by atoms with Gasteiger partial charge < -0.3 is 4.90 Å². The molecule has 0 aromatic heterocycles. The molecule has 2 aromatic carbocycles. The molecule has 1 aliphatic heterocycles. The molecule has 2 aromatic rings. The maximum atomic E-state index is 14.5. The molecule has 0 unspecified atom stereocenters. The van der Waals surface area contributed by atoms with Crippen LogP contribution >= 0.6 is 0 Å². The summed E-state index contributed by atoms with van der Waals surface area (Å²) >= 11 is 0. The standard InChI is InChI=1S/C22H21F2N3O2/c1-26(22(29)14-10-11-14)13-21(28)27-20(16-7-3-5-9-18(16)24)12-19(25-27)15-6-2-4-8-17(15)23/h2-9,14,20H,10-13H2,1H3/t20-/m1/s1. The van der Waals surface area contributed by atoms with Crippen molar-refractivity contribution in [1.29, 1.82) is 0 Å². The molecule has 1 saturated carbocycles. The number of amides is 2. The molecular formula is C22H21F2N3O2. The van der Waals surface area contributed by atoms with Gasteiger partial charge >= 0.3 is 0 Å². The van der Waals surface area contributed by atoms with Crippen LogP contribution in [0.1, 0.15) is 36.4 Å². The molecule has 2 amide bonds. The van der Waals surface area contributed by atoms with Crippen molar-refractivity contribution >= 4 is 17.5 Å². The normalized spacial score (nSPS) is 18.5. The Morgan fingerprint density at radius 2 is 1.72 bits per heavy atom. The molecule has 5 nitrogen and oxygen atoms in total. The molecule has 0 spiro atoms. The molecule has 1 fully saturated rings. The summed E-state index contributed by atoms with van der Waals surface area (Å²) in [6.45, 7) is -0.158. The Hall–Kier alpha value is -3.09. The van der Waals surface area contributed by atoms with Crippen LogP contribution in [0.5, 0.6) is 0 Å². The summed E-state index contributed by atoms with van der Waals surface area (Å²) in [6, 6.07) is 11.6. The maximum absolute atomic E-state index is 14.5. The average molecular weight is 397 g/mol. The van der Waals surface area contributed by atoms with Gasteiger partial charge in [0.25, 0.3) is 5.91 Å². The van der Waals surface area contributed by atoms with E-state index in [1.165, 1.54) is 22.0 Å². The third-order valence-corrected chi connectivity index (χ3v) is 5.29. The Bertz CT molecular complexity index is 988. The summed E-state index contributed by atoms with van der Waals surface area (Å²) in [4.78, 5) is 26.6. The fourth-order valence-corrected chi connectivity index (χ4v) is 3.58. The lowest BCUT2D eigenvalue weighted by molar-refractivity contribution is -0.141. The minimum absolute atomic E-state index is 0.00813. The van der Waals surface area contributed by atoms with Crippen LogP contribution in [0.15, 0.2) is 53.6 Å². The minimum atomic E-state index is -0.692. The monoisotopic (exact) mass is 397 g/mol. The number of likely N-dealkylation sites (N-methyl/N-ethyl adjacent to an activating group) is 1. The zero-order chi connectivity index (χ0) is 20.5. The SMILES string of the molecule is CN(CC(=O)N1N=C(c2ccccc2F)C[C@@H]1c1ccccc1F)C(=O)C1CC1. The molecule has 0 bridgehead atoms. The van der Waals surface area contributed by atoms with E-state index in [0.29, 0.717) is 11.3 Å². The van der Waals surface area contributed by atoms with Crippen LogP contribution in [0, 0.1) is 17.6 Å². The highest BCUT2D eigenvalue weighted by Crippen LogP contribution is 2.35. The molecule has 7 heteroatoms. The first-order valence-corrected chi connectivity index (χ1v) is 9.59. The molecule has 150 valence electrons. The van der Waals surface area contributed by atoms with Crippen LogP contribution in [0.2, 0.25) is 0 Å². The summed E-state index contributed by atoms with van der Waals surface area (Å²) in [6.07, 6.45) is 1.87. The molecule has 1 heterocycles. The maximum Gasteiger partial charge on any atom is 0.262 e. The van der Waals surface area contributed by atoms with Gasteiger partial charge in [0.05, 0.1) is 11.8 Å². The van der Waals surface area contributed by atoms with E-state index in [1.54, 1.807) is 43.4 Å². The lowest BCUT2D eigenvalue weighted by Crippen LogP contribution is -2.39. The number of carbonyl (C=O) groups is 2. The molecule has 0 saturated heterocycles. The molecular weight excluding hydrogens is 376 g/mol. The van der Waals surface area contributed by atoms with Crippen LogP contribution < -0.4 is 0 Å². The van der Waals surface area contributed by atoms with Crippen molar-refractivity contribution in [3.8, 4) is 0 Å². The van der Waals surface area contributed by atoms with Crippen molar-refractivity contribution in [2.24, 2.45) is 11.0 Å². The number of nitrogens with zero attached hydrogens (tertiary/aromatic N) is 3. The van der Waals surface area contributed by atoms with Crippen molar-refractivity contribution in [3.63, 3.8) is 0 Å². The van der Waals surface area contributed by atoms with Crippen molar-refractivity contribution < 1.29 is 18.4 Å². The molecule has 0 N–H and O–H groups in total. The smallest absolute Gasteiger partial charge is 0.262 e. The van der Waals surface area contributed by atoms with Gasteiger partial charge in [-0.2, -0.15) is 5.10 Å². The van der Waals surface area contributed by atoms with Crippen LogP contribution in [-0.2, 0) is 9.59 Å². The van der Waals surface area contributed by atoms with E-state index in [9.17, 15) is 18.4 Å². The summed E-state index contributed by atoms with van der Waals surface area (Å²) < 4.78 is 28.7. The first kappa shape index (κ1) is 19.2. The number of rotatable bonds is 5. The van der Waals surface area contributed by atoms with Gasteiger partial charge in [0.2, 0.25) is 5.91 Å². The van der Waals surface area contributed by atoms with E-state index < -0.39 is 23.6 Å². The van der Waals surface area contributed by atoms with Crippen LogP contribution in [-0.4, -0.2) is 41.0 Å². The minimum Gasteiger partial charge on any atom is -0.336 e. The van der Waals surface area contributed by atoms with Gasteiger partial charge in [0.15, 0.2) is 0 Å². The van der Waals surface area contributed by atoms with Crippen LogP contribution in [0.25, 0.3) is 0 Å². The van der Waals surface area contributed by atoms with Crippen molar-refractivity contribution in [2.75, 3.05) is 13.6 Å². The third-order valence-electron chi connectivity index (χ3n) is 5.29. The quantitative estimate of drug-likeness (QED) is 0.775. The Kier molecular flexibility index (Phi) is 5.13. The topological polar surface area (TPSA) is 53.0 Å². The summed E-state index contributed by atoms with van der Waals surface area (Å²) in [5.74, 6) is -1.41. The first-order chi connectivity index (χ1) is 14.0. The Morgan fingerprint density at radius 1 is 1.07 bits per heavy atom. The second-order valence-electron chi connectivity index (χ2n) is 7.47. The van der Waals surface area contributed by atoms with E-state index in [2.05, 4.69) is 5.10 Å². The largest absolute Gasteiger partial charge is 0.336 e. The number of hydrazone groups is 1. The lowest BCUT2D eigenvalue weighted by Gasteiger charge is -2.25. The predicted octanol–water partition coefficient (Wildman–Crippen LogP) is 3.51. The van der Waals surface area contributed by atoms with Gasteiger partial charge in [-0.25, -0.2) is 13.8 Å². The number of hydrogen-bond acceptors (Lipinski definition) is 3. The van der Waals surface area contributed by atoms with Gasteiger partial charge in [-0.1, -0.05) is 36.4 Å². The average Bonchev–Trinajstić information content (AvgIpc) is 3.47. The Morgan fingerprint density at radius 3 is 2.38 bits per heavy atom. The number of hydrogen-bond donors (Lipinski definition) is 0. The fourth-order valence-electron chi connectivity index (χ4n) is 3.58. The molecule has 1 aliphatic carbocycles. The molecule has 4 rings (SSSR count). The number of carbonyl (C=O) groups excluding carboxylic acids is 2. The second-order valence-corrected chi connectivity index (χ2v) is 7.47. The number of benzene rings is 2. The highest BCUT2D eigenvalue weighted by molar-refractivity contribution is 6.03. The zero-order valence-corrected chi connectivity index (χ0v) is 16.0. The van der Waals surface area contributed by atoms with Crippen LogP contribution in [0.4, 0.5) is 8.78 Å². The van der Waals surface area contributed by atoms with E-state index in [1.807, 2.05) is 0 Å². The van der Waals surface area contributed by atoms with E-state index in [-0.39, 0.29) is 30.4 Å². The summed E-state index contributed by atoms with van der Waals surface area (Å²) in [5.41, 5.74) is 0.972. The molecule has 29 heavy (non-hydrogen) atoms. The lowest BCUT2D eigenvalue weighted by atomic mass is 9.97. The highest BCUT2D eigenvalue weighted by atomic mass is 19.1. The highest BCUT2D eigenvalue weighted by Gasteiger charge is 2.37. The van der Waals surface area contributed by atoms with Gasteiger partial charge in [-0.15, -0.1) is 0 Å². The predicted molar refractivity (Wildman–Crippen MR) is 104 cm³/mol. The van der Waals surface area contributed by atoms with Gasteiger partial charge in [-0.3, -0.25) is 9.59 Å². The van der Waals surface area contributed by atoms with E-state index in [4.69, 9.17) is 0 Å². The van der Waals surface area contributed by atoms with Crippen molar-refractivity contribution in [3.05, 3.63) is 71.3 Å². The number of halogens is 2.